The number of hydrogen-bond acceptors (Lipinski definition) is 3. The summed E-state index contributed by atoms with van der Waals surface area (Å²) in [7, 11) is 0. The van der Waals surface area contributed by atoms with Gasteiger partial charge in [0.2, 0.25) is 0 Å². The van der Waals surface area contributed by atoms with Crippen LogP contribution in [0.1, 0.15) is 42.3 Å². The number of hydrogen-bond donors (Lipinski definition) is 1. The number of aromatic hydroxyl groups is 1. The number of esters is 1. The van der Waals surface area contributed by atoms with E-state index in [1.54, 1.807) is 0 Å². The predicted octanol–water partition coefficient (Wildman–Crippen LogP) is 3.92. The molecule has 0 radical (unpaired) electrons. The lowest BCUT2D eigenvalue weighted by atomic mass is 10.0. The summed E-state index contributed by atoms with van der Waals surface area (Å²) in [6.07, 6.45) is -4.57. The zero-order valence-corrected chi connectivity index (χ0v) is 11.3. The molecule has 0 saturated carbocycles. The van der Waals surface area contributed by atoms with Crippen molar-refractivity contribution in [2.45, 2.75) is 33.9 Å². The number of halogens is 3. The first-order valence-corrected chi connectivity index (χ1v) is 5.85. The number of alkyl halides is 3. The van der Waals surface area contributed by atoms with Gasteiger partial charge in [-0.15, -0.1) is 0 Å². The minimum Gasteiger partial charge on any atom is -0.507 e. The van der Waals surface area contributed by atoms with E-state index in [0.717, 1.165) is 6.07 Å². The van der Waals surface area contributed by atoms with Crippen LogP contribution in [-0.4, -0.2) is 17.7 Å². The van der Waals surface area contributed by atoms with Gasteiger partial charge in [-0.05, 0) is 31.5 Å². The van der Waals surface area contributed by atoms with E-state index in [9.17, 15) is 23.1 Å². The summed E-state index contributed by atoms with van der Waals surface area (Å²) in [4.78, 5) is 11.3. The van der Waals surface area contributed by atoms with Crippen LogP contribution >= 0.6 is 0 Å². The average Bonchev–Trinajstić information content (AvgIpc) is 2.33. The highest BCUT2D eigenvalue weighted by molar-refractivity contribution is 5.93. The van der Waals surface area contributed by atoms with Crippen molar-refractivity contribution in [3.63, 3.8) is 0 Å². The van der Waals surface area contributed by atoms with Crippen molar-refractivity contribution in [1.82, 2.24) is 0 Å². The Labute approximate surface area is 110 Å². The molecule has 0 aliphatic carbocycles. The van der Waals surface area contributed by atoms with E-state index in [1.165, 1.54) is 13.8 Å². The van der Waals surface area contributed by atoms with Gasteiger partial charge in [-0.1, -0.05) is 13.8 Å². The number of phenolic OH excluding ortho intramolecular Hbond substituents is 1. The lowest BCUT2D eigenvalue weighted by Gasteiger charge is -2.12. The van der Waals surface area contributed by atoms with E-state index >= 15 is 0 Å². The van der Waals surface area contributed by atoms with Crippen molar-refractivity contribution in [2.75, 3.05) is 6.61 Å². The third kappa shape index (κ3) is 4.46. The summed E-state index contributed by atoms with van der Waals surface area (Å²) in [5.41, 5.74) is -1.49. The lowest BCUT2D eigenvalue weighted by Crippen LogP contribution is -2.10. The quantitative estimate of drug-likeness (QED) is 0.834. The van der Waals surface area contributed by atoms with Gasteiger partial charge in [0.15, 0.2) is 0 Å². The molecule has 0 aromatic heterocycles. The second-order valence-electron chi connectivity index (χ2n) is 3.41. The van der Waals surface area contributed by atoms with Crippen molar-refractivity contribution in [2.24, 2.45) is 0 Å². The molecule has 0 amide bonds. The van der Waals surface area contributed by atoms with Crippen LogP contribution in [-0.2, 0) is 10.9 Å². The van der Waals surface area contributed by atoms with Crippen molar-refractivity contribution < 1.29 is 27.8 Å². The van der Waals surface area contributed by atoms with Crippen LogP contribution in [0.3, 0.4) is 0 Å². The summed E-state index contributed by atoms with van der Waals surface area (Å²) in [6, 6.07) is 1.36. The van der Waals surface area contributed by atoms with Gasteiger partial charge in [0, 0.05) is 0 Å². The Balaban J connectivity index is 0.00000154. The van der Waals surface area contributed by atoms with E-state index < -0.39 is 29.0 Å². The zero-order chi connectivity index (χ0) is 15.2. The maximum Gasteiger partial charge on any atom is 0.416 e. The molecule has 1 N–H and O–H groups in total. The molecular formula is C13H17F3O3. The van der Waals surface area contributed by atoms with Crippen molar-refractivity contribution in [1.29, 1.82) is 0 Å². The van der Waals surface area contributed by atoms with E-state index in [1.807, 2.05) is 13.8 Å². The first-order chi connectivity index (χ1) is 8.77. The van der Waals surface area contributed by atoms with Gasteiger partial charge >= 0.3 is 12.1 Å². The molecule has 0 spiro atoms. The van der Waals surface area contributed by atoms with E-state index in [2.05, 4.69) is 4.74 Å². The van der Waals surface area contributed by atoms with Crippen LogP contribution in [0.15, 0.2) is 12.1 Å². The monoisotopic (exact) mass is 278 g/mol. The maximum absolute atomic E-state index is 12.5. The van der Waals surface area contributed by atoms with Gasteiger partial charge in [-0.3, -0.25) is 0 Å². The molecule has 0 fully saturated rings. The highest BCUT2D eigenvalue weighted by Gasteiger charge is 2.32. The number of rotatable bonds is 2. The Morgan fingerprint density at radius 2 is 1.84 bits per heavy atom. The minimum absolute atomic E-state index is 0.0214. The van der Waals surface area contributed by atoms with Crippen LogP contribution in [0.5, 0.6) is 5.75 Å². The molecule has 108 valence electrons. The number of carbonyl (C=O) groups is 1. The van der Waals surface area contributed by atoms with E-state index in [-0.39, 0.29) is 12.2 Å². The van der Waals surface area contributed by atoms with Crippen molar-refractivity contribution >= 4 is 5.97 Å². The summed E-state index contributed by atoms with van der Waals surface area (Å²) < 4.78 is 42.1. The second-order valence-corrected chi connectivity index (χ2v) is 3.41. The van der Waals surface area contributed by atoms with Crippen molar-refractivity contribution in [3.8, 4) is 5.75 Å². The topological polar surface area (TPSA) is 46.5 Å². The Morgan fingerprint density at radius 3 is 2.26 bits per heavy atom. The number of benzene rings is 1. The van der Waals surface area contributed by atoms with Crippen LogP contribution in [0.4, 0.5) is 13.2 Å². The summed E-state index contributed by atoms with van der Waals surface area (Å²) in [6.45, 7) is 6.83. The fourth-order valence-electron chi connectivity index (χ4n) is 1.31. The fraction of sp³-hybridized carbons (Fsp3) is 0.462. The van der Waals surface area contributed by atoms with Gasteiger partial charge in [0.1, 0.15) is 11.3 Å². The first kappa shape index (κ1) is 17.3. The van der Waals surface area contributed by atoms with Crippen LogP contribution in [0.25, 0.3) is 0 Å². The maximum atomic E-state index is 12.5. The SMILES string of the molecule is CC.CCOC(=O)c1cc(C(F)(F)F)cc(C)c1O. The minimum atomic E-state index is -4.57. The zero-order valence-electron chi connectivity index (χ0n) is 11.3. The number of aryl methyl sites for hydroxylation is 1. The third-order valence-electron chi connectivity index (χ3n) is 2.12. The van der Waals surface area contributed by atoms with Crippen molar-refractivity contribution in [3.05, 3.63) is 28.8 Å². The van der Waals surface area contributed by atoms with Crippen LogP contribution in [0.2, 0.25) is 0 Å². The van der Waals surface area contributed by atoms with Gasteiger partial charge in [-0.2, -0.15) is 13.2 Å². The molecule has 0 saturated heterocycles. The average molecular weight is 278 g/mol. The highest BCUT2D eigenvalue weighted by Crippen LogP contribution is 2.34. The normalized spacial score (nSPS) is 10.5. The largest absolute Gasteiger partial charge is 0.507 e. The molecule has 0 unspecified atom stereocenters. The molecule has 0 aliphatic heterocycles. The number of phenols is 1. The molecule has 1 aromatic carbocycles. The Kier molecular flexibility index (Phi) is 6.38. The smallest absolute Gasteiger partial charge is 0.416 e. The number of carbonyl (C=O) groups excluding carboxylic acids is 1. The highest BCUT2D eigenvalue weighted by atomic mass is 19.4. The van der Waals surface area contributed by atoms with E-state index in [4.69, 9.17) is 0 Å². The molecular weight excluding hydrogens is 261 g/mol. The predicted molar refractivity (Wildman–Crippen MR) is 65.2 cm³/mol. The van der Waals surface area contributed by atoms with Gasteiger partial charge < -0.3 is 9.84 Å². The fourth-order valence-corrected chi connectivity index (χ4v) is 1.31. The van der Waals surface area contributed by atoms with Gasteiger partial charge in [0.05, 0.1) is 12.2 Å². The van der Waals surface area contributed by atoms with Gasteiger partial charge in [0.25, 0.3) is 0 Å². The van der Waals surface area contributed by atoms with Crippen LogP contribution in [0, 0.1) is 6.92 Å². The molecule has 19 heavy (non-hydrogen) atoms. The molecule has 3 nitrogen and oxygen atoms in total. The molecule has 6 heteroatoms. The number of ether oxygens (including phenoxy) is 1. The molecule has 0 bridgehead atoms. The van der Waals surface area contributed by atoms with Gasteiger partial charge in [-0.25, -0.2) is 4.79 Å². The lowest BCUT2D eigenvalue weighted by molar-refractivity contribution is -0.137. The molecule has 1 aromatic rings. The standard InChI is InChI=1S/C11H11F3O3.C2H6/c1-3-17-10(16)8-5-7(11(12,13)14)4-6(2)9(8)15;1-2/h4-5,15H,3H2,1-2H3;1-2H3. The molecule has 0 aliphatic rings. The summed E-state index contributed by atoms with van der Waals surface area (Å²) in [5, 5.41) is 9.52. The Bertz CT molecular complexity index is 439. The van der Waals surface area contributed by atoms with Crippen LogP contribution < -0.4 is 0 Å². The van der Waals surface area contributed by atoms with E-state index in [0.29, 0.717) is 6.07 Å². The summed E-state index contributed by atoms with van der Waals surface area (Å²) in [5.74, 6) is -1.46. The third-order valence-corrected chi connectivity index (χ3v) is 2.12. The Morgan fingerprint density at radius 1 is 1.32 bits per heavy atom. The Hall–Kier alpha value is -1.72. The molecule has 1 rings (SSSR count). The molecule has 0 atom stereocenters. The summed E-state index contributed by atoms with van der Waals surface area (Å²) >= 11 is 0. The molecule has 0 heterocycles. The second kappa shape index (κ2) is 7.01. The first-order valence-electron chi connectivity index (χ1n) is 5.85.